The summed E-state index contributed by atoms with van der Waals surface area (Å²) in [5, 5.41) is 21.6. The summed E-state index contributed by atoms with van der Waals surface area (Å²) in [4.78, 5) is 12.9. The first-order valence-corrected chi connectivity index (χ1v) is 8.94. The average molecular weight is 382 g/mol. The number of anilines is 1. The Balaban J connectivity index is 1.71. The van der Waals surface area contributed by atoms with Crippen LogP contribution < -0.4 is 5.32 Å². The van der Waals surface area contributed by atoms with Gasteiger partial charge >= 0.3 is 0 Å². The monoisotopic (exact) mass is 382 g/mol. The van der Waals surface area contributed by atoms with Crippen LogP contribution in [0.2, 0.25) is 0 Å². The zero-order valence-corrected chi connectivity index (χ0v) is 16.0. The highest BCUT2D eigenvalue weighted by Crippen LogP contribution is 2.24. The molecule has 0 aliphatic carbocycles. The molecule has 4 rings (SSSR count). The molecule has 0 radical (unpaired) electrons. The molecule has 2 aromatic heterocycles. The number of fused-ring (bicyclic) bond motifs is 1. The second-order valence-corrected chi connectivity index (χ2v) is 6.81. The van der Waals surface area contributed by atoms with Gasteiger partial charge in [0.15, 0.2) is 0 Å². The van der Waals surface area contributed by atoms with Crippen LogP contribution in [0.15, 0.2) is 61.6 Å². The van der Waals surface area contributed by atoms with E-state index in [1.165, 1.54) is 0 Å². The number of hydrogen-bond acceptors (Lipinski definition) is 4. The van der Waals surface area contributed by atoms with Crippen LogP contribution in [0, 0.1) is 11.3 Å². The Morgan fingerprint density at radius 3 is 2.66 bits per heavy atom. The molecule has 2 aromatic carbocycles. The maximum absolute atomic E-state index is 12.9. The van der Waals surface area contributed by atoms with Crippen molar-refractivity contribution in [1.29, 1.82) is 5.26 Å². The number of allylic oxidation sites excluding steroid dienone is 1. The molecule has 29 heavy (non-hydrogen) atoms. The lowest BCUT2D eigenvalue weighted by molar-refractivity contribution is 0.102. The fourth-order valence-corrected chi connectivity index (χ4v) is 3.19. The van der Waals surface area contributed by atoms with E-state index in [2.05, 4.69) is 28.2 Å². The number of benzene rings is 2. The average Bonchev–Trinajstić information content (AvgIpc) is 3.32. The number of rotatable bonds is 4. The summed E-state index contributed by atoms with van der Waals surface area (Å²) in [6.07, 6.45) is 5.36. The lowest BCUT2D eigenvalue weighted by Crippen LogP contribution is -2.14. The van der Waals surface area contributed by atoms with Gasteiger partial charge in [0, 0.05) is 23.7 Å². The first-order chi connectivity index (χ1) is 14.0. The van der Waals surface area contributed by atoms with E-state index >= 15 is 0 Å². The lowest BCUT2D eigenvalue weighted by atomic mass is 9.99. The highest BCUT2D eigenvalue weighted by Gasteiger charge is 2.15. The molecular weight excluding hydrogens is 364 g/mol. The third-order valence-corrected chi connectivity index (χ3v) is 4.62. The normalized spacial score (nSPS) is 10.7. The zero-order chi connectivity index (χ0) is 20.5. The first-order valence-electron chi connectivity index (χ1n) is 8.94. The molecule has 7 heteroatoms. The Labute approximate surface area is 167 Å². The van der Waals surface area contributed by atoms with Crippen molar-refractivity contribution in [3.63, 3.8) is 0 Å². The number of nitrogens with zero attached hydrogens (tertiary/aromatic N) is 5. The van der Waals surface area contributed by atoms with Gasteiger partial charge in [0.05, 0.1) is 35.7 Å². The molecule has 0 spiro atoms. The molecule has 0 aliphatic heterocycles. The second-order valence-electron chi connectivity index (χ2n) is 6.81. The molecule has 0 atom stereocenters. The third kappa shape index (κ3) is 3.39. The molecule has 2 heterocycles. The van der Waals surface area contributed by atoms with E-state index in [9.17, 15) is 10.1 Å². The summed E-state index contributed by atoms with van der Waals surface area (Å²) < 4.78 is 3.48. The molecule has 0 fully saturated rings. The number of aryl methyl sites for hydroxylation is 1. The van der Waals surface area contributed by atoms with Crippen molar-refractivity contribution in [2.45, 2.75) is 6.92 Å². The summed E-state index contributed by atoms with van der Waals surface area (Å²) >= 11 is 0. The Hall–Kier alpha value is -4.18. The van der Waals surface area contributed by atoms with Crippen molar-refractivity contribution in [1.82, 2.24) is 19.6 Å². The highest BCUT2D eigenvalue weighted by molar-refractivity contribution is 6.08. The Morgan fingerprint density at radius 2 is 1.97 bits per heavy atom. The quantitative estimate of drug-likeness (QED) is 0.579. The molecule has 1 amide bonds. The van der Waals surface area contributed by atoms with Crippen LogP contribution in [0.4, 0.5) is 5.69 Å². The smallest absolute Gasteiger partial charge is 0.256 e. The molecule has 7 nitrogen and oxygen atoms in total. The molecule has 0 aliphatic rings. The van der Waals surface area contributed by atoms with Crippen molar-refractivity contribution in [2.75, 3.05) is 5.32 Å². The Morgan fingerprint density at radius 1 is 1.14 bits per heavy atom. The van der Waals surface area contributed by atoms with Gasteiger partial charge in [0.2, 0.25) is 0 Å². The number of amides is 1. The van der Waals surface area contributed by atoms with Crippen LogP contribution >= 0.6 is 0 Å². The van der Waals surface area contributed by atoms with Gasteiger partial charge in [-0.25, -0.2) is 4.68 Å². The fraction of sp³-hybridized carbons (Fsp3) is 0.0909. The largest absolute Gasteiger partial charge is 0.322 e. The summed E-state index contributed by atoms with van der Waals surface area (Å²) in [5.74, 6) is -0.299. The van der Waals surface area contributed by atoms with E-state index in [4.69, 9.17) is 0 Å². The van der Waals surface area contributed by atoms with Gasteiger partial charge in [-0.2, -0.15) is 15.5 Å². The molecule has 0 saturated carbocycles. The predicted octanol–water partition coefficient (Wildman–Crippen LogP) is 3.92. The second kappa shape index (κ2) is 7.09. The van der Waals surface area contributed by atoms with Crippen LogP contribution in [-0.2, 0) is 7.05 Å². The van der Waals surface area contributed by atoms with E-state index < -0.39 is 0 Å². The van der Waals surface area contributed by atoms with Crippen LogP contribution in [-0.4, -0.2) is 25.5 Å². The summed E-state index contributed by atoms with van der Waals surface area (Å²) in [5.41, 5.74) is 4.61. The van der Waals surface area contributed by atoms with Crippen LogP contribution in [0.5, 0.6) is 0 Å². The molecule has 0 bridgehead atoms. The number of carbonyl (C=O) groups is 1. The highest BCUT2D eigenvalue weighted by atomic mass is 16.1. The number of carbonyl (C=O) groups excluding carboxylic acids is 1. The Kier molecular flexibility index (Phi) is 4.45. The maximum atomic E-state index is 12.9. The van der Waals surface area contributed by atoms with E-state index in [0.29, 0.717) is 22.4 Å². The van der Waals surface area contributed by atoms with Gasteiger partial charge in [-0.1, -0.05) is 18.2 Å². The molecular formula is C22H18N6O. The predicted molar refractivity (Wildman–Crippen MR) is 112 cm³/mol. The van der Waals surface area contributed by atoms with Crippen molar-refractivity contribution in [3.05, 3.63) is 78.3 Å². The summed E-state index contributed by atoms with van der Waals surface area (Å²) in [7, 11) is 1.84. The SMILES string of the molecule is C=C(C)c1ccc(C#N)cc1C(=O)Nc1ccc2cnn(-c3cnn(C)c3)c2c1. The lowest BCUT2D eigenvalue weighted by Gasteiger charge is -2.11. The zero-order valence-electron chi connectivity index (χ0n) is 16.0. The van der Waals surface area contributed by atoms with Gasteiger partial charge in [0.1, 0.15) is 5.69 Å². The van der Waals surface area contributed by atoms with Crippen LogP contribution in [0.3, 0.4) is 0 Å². The number of nitrogens with one attached hydrogen (secondary N) is 1. The minimum atomic E-state index is -0.299. The van der Waals surface area contributed by atoms with E-state index in [0.717, 1.165) is 22.2 Å². The number of hydrogen-bond donors (Lipinski definition) is 1. The van der Waals surface area contributed by atoms with Crippen molar-refractivity contribution >= 4 is 28.1 Å². The summed E-state index contributed by atoms with van der Waals surface area (Å²) in [6.45, 7) is 5.76. The van der Waals surface area contributed by atoms with Gasteiger partial charge in [0.25, 0.3) is 5.91 Å². The molecule has 0 unspecified atom stereocenters. The third-order valence-electron chi connectivity index (χ3n) is 4.62. The molecule has 4 aromatic rings. The van der Waals surface area contributed by atoms with Gasteiger partial charge in [-0.3, -0.25) is 9.48 Å². The van der Waals surface area contributed by atoms with Crippen molar-refractivity contribution < 1.29 is 4.79 Å². The summed E-state index contributed by atoms with van der Waals surface area (Å²) in [6, 6.07) is 12.7. The molecule has 142 valence electrons. The van der Waals surface area contributed by atoms with Crippen LogP contribution in [0.1, 0.15) is 28.4 Å². The Bertz CT molecular complexity index is 1300. The van der Waals surface area contributed by atoms with E-state index in [-0.39, 0.29) is 5.91 Å². The minimum Gasteiger partial charge on any atom is -0.322 e. The van der Waals surface area contributed by atoms with Gasteiger partial charge in [-0.15, -0.1) is 0 Å². The maximum Gasteiger partial charge on any atom is 0.256 e. The number of aromatic nitrogens is 4. The van der Waals surface area contributed by atoms with Gasteiger partial charge in [-0.05, 0) is 42.8 Å². The first kappa shape index (κ1) is 18.2. The van der Waals surface area contributed by atoms with Gasteiger partial charge < -0.3 is 5.32 Å². The van der Waals surface area contributed by atoms with Crippen molar-refractivity contribution in [3.8, 4) is 11.8 Å². The molecule has 0 saturated heterocycles. The van der Waals surface area contributed by atoms with E-state index in [1.54, 1.807) is 40.0 Å². The fourth-order valence-electron chi connectivity index (χ4n) is 3.19. The van der Waals surface area contributed by atoms with Crippen molar-refractivity contribution in [2.24, 2.45) is 7.05 Å². The minimum absolute atomic E-state index is 0.299. The van der Waals surface area contributed by atoms with E-state index in [1.807, 2.05) is 38.4 Å². The standard InChI is InChI=1S/C22H18N6O/c1-14(2)19-7-4-15(10-23)8-20(19)22(29)26-17-6-5-16-11-25-28(21(16)9-17)18-12-24-27(3)13-18/h4-9,11-13H,1H2,2-3H3,(H,26,29). The topological polar surface area (TPSA) is 88.5 Å². The number of nitriles is 1. The van der Waals surface area contributed by atoms with Crippen LogP contribution in [0.25, 0.3) is 22.2 Å². The molecule has 1 N–H and O–H groups in total.